The van der Waals surface area contributed by atoms with Crippen LogP contribution in [0.1, 0.15) is 51.9 Å². The molecule has 7 nitrogen and oxygen atoms in total. The summed E-state index contributed by atoms with van der Waals surface area (Å²) >= 11 is 7.28. The number of ether oxygens (including phenoxy) is 2. The Morgan fingerprint density at radius 2 is 2.00 bits per heavy atom. The number of aldehydes is 1. The van der Waals surface area contributed by atoms with Gasteiger partial charge in [-0.25, -0.2) is 14.4 Å². The average molecular weight is 555 g/mol. The number of piperidine rings is 1. The van der Waals surface area contributed by atoms with Crippen LogP contribution >= 0.6 is 22.9 Å². The smallest absolute Gasteiger partial charge is 0.213 e. The van der Waals surface area contributed by atoms with Crippen LogP contribution in [0.2, 0.25) is 5.02 Å². The van der Waals surface area contributed by atoms with Crippen LogP contribution in [0.5, 0.6) is 5.88 Å². The van der Waals surface area contributed by atoms with Crippen molar-refractivity contribution in [3.63, 3.8) is 0 Å². The number of carbonyl (C=O) groups excluding carboxylic acids is 1. The van der Waals surface area contributed by atoms with Crippen molar-refractivity contribution < 1.29 is 18.7 Å². The van der Waals surface area contributed by atoms with Crippen molar-refractivity contribution in [2.24, 2.45) is 0 Å². The summed E-state index contributed by atoms with van der Waals surface area (Å²) in [6, 6.07) is 12.3. The lowest BCUT2D eigenvalue weighted by molar-refractivity contribution is -0.0592. The van der Waals surface area contributed by atoms with Crippen LogP contribution < -0.4 is 4.74 Å². The maximum Gasteiger partial charge on any atom is 0.213 e. The van der Waals surface area contributed by atoms with Gasteiger partial charge in [-0.2, -0.15) is 0 Å². The molecule has 2 fully saturated rings. The van der Waals surface area contributed by atoms with Crippen LogP contribution in [0.25, 0.3) is 10.3 Å². The third-order valence-electron chi connectivity index (χ3n) is 7.35. The zero-order valence-corrected chi connectivity index (χ0v) is 22.4. The van der Waals surface area contributed by atoms with E-state index in [1.165, 1.54) is 17.4 Å². The first-order valence-electron chi connectivity index (χ1n) is 12.9. The molecule has 2 aliphatic rings. The minimum absolute atomic E-state index is 0.0994. The van der Waals surface area contributed by atoms with Gasteiger partial charge in [0.15, 0.2) is 6.29 Å². The molecule has 10 heteroatoms. The largest absolute Gasteiger partial charge is 0.473 e. The highest BCUT2D eigenvalue weighted by Gasteiger charge is 2.26. The molecule has 2 aliphatic heterocycles. The van der Waals surface area contributed by atoms with Gasteiger partial charge >= 0.3 is 0 Å². The quantitative estimate of drug-likeness (QED) is 0.242. The molecule has 0 saturated carbocycles. The predicted octanol–water partition coefficient (Wildman–Crippen LogP) is 5.85. The highest BCUT2D eigenvalue weighted by atomic mass is 35.5. The summed E-state index contributed by atoms with van der Waals surface area (Å²) in [6.45, 7) is 4.32. The first-order chi connectivity index (χ1) is 18.6. The summed E-state index contributed by atoms with van der Waals surface area (Å²) in [7, 11) is 0. The van der Waals surface area contributed by atoms with Crippen LogP contribution in [0.15, 0.2) is 42.5 Å². The highest BCUT2D eigenvalue weighted by molar-refractivity contribution is 7.20. The van der Waals surface area contributed by atoms with Gasteiger partial charge in [0.25, 0.3) is 0 Å². The second-order valence-corrected chi connectivity index (χ2v) is 11.4. The molecule has 0 amide bonds. The molecule has 1 unspecified atom stereocenters. The fraction of sp³-hybridized carbons (Fsp3) is 0.393. The number of halogens is 2. The zero-order valence-electron chi connectivity index (χ0n) is 20.8. The van der Waals surface area contributed by atoms with Gasteiger partial charge in [0.2, 0.25) is 5.88 Å². The third-order valence-corrected chi connectivity index (χ3v) is 8.53. The molecular weight excluding hydrogens is 527 g/mol. The molecule has 4 aromatic rings. The second-order valence-electron chi connectivity index (χ2n) is 9.85. The molecular formula is C28H28ClFN4O3S. The Labute approximate surface area is 229 Å². The fourth-order valence-corrected chi connectivity index (χ4v) is 6.14. The molecule has 0 radical (unpaired) electrons. The number of fused-ring (bicyclic) bond motifs is 1. The highest BCUT2D eigenvalue weighted by Crippen LogP contribution is 2.31. The van der Waals surface area contributed by atoms with Crippen LogP contribution in [0, 0.1) is 5.82 Å². The molecule has 6 rings (SSSR count). The van der Waals surface area contributed by atoms with E-state index in [0.29, 0.717) is 27.3 Å². The van der Waals surface area contributed by atoms with Crippen molar-refractivity contribution in [2.75, 3.05) is 19.7 Å². The predicted molar refractivity (Wildman–Crippen MR) is 145 cm³/mol. The Bertz CT molecular complexity index is 1450. The second kappa shape index (κ2) is 11.1. The molecule has 198 valence electrons. The van der Waals surface area contributed by atoms with Gasteiger partial charge in [-0.15, -0.1) is 11.3 Å². The Balaban J connectivity index is 1.08. The summed E-state index contributed by atoms with van der Waals surface area (Å²) < 4.78 is 27.8. The summed E-state index contributed by atoms with van der Waals surface area (Å²) in [6.07, 6.45) is 4.13. The van der Waals surface area contributed by atoms with E-state index in [4.69, 9.17) is 31.0 Å². The van der Waals surface area contributed by atoms with Crippen molar-refractivity contribution in [3.8, 4) is 5.88 Å². The van der Waals surface area contributed by atoms with Gasteiger partial charge in [-0.1, -0.05) is 23.7 Å². The Kier molecular flexibility index (Phi) is 7.43. The number of hydrogen-bond acceptors (Lipinski definition) is 7. The fourth-order valence-electron chi connectivity index (χ4n) is 5.11. The maximum absolute atomic E-state index is 14.1. The summed E-state index contributed by atoms with van der Waals surface area (Å²) in [5.74, 6) is 1.48. The molecule has 1 atom stereocenters. The Morgan fingerprint density at radius 1 is 1.16 bits per heavy atom. The number of carbonyl (C=O) groups is 1. The van der Waals surface area contributed by atoms with Gasteiger partial charge in [-0.05, 0) is 56.6 Å². The van der Waals surface area contributed by atoms with Crippen LogP contribution in [0.4, 0.5) is 4.39 Å². The van der Waals surface area contributed by atoms with Crippen molar-refractivity contribution >= 4 is 39.6 Å². The van der Waals surface area contributed by atoms with Gasteiger partial charge < -0.3 is 14.0 Å². The third kappa shape index (κ3) is 5.47. The Morgan fingerprint density at radius 3 is 2.74 bits per heavy atom. The van der Waals surface area contributed by atoms with Gasteiger partial charge in [0.1, 0.15) is 23.1 Å². The summed E-state index contributed by atoms with van der Waals surface area (Å²) in [5, 5.41) is 0.362. The number of hydrogen-bond donors (Lipinski definition) is 0. The number of benzene rings is 1. The topological polar surface area (TPSA) is 69.5 Å². The van der Waals surface area contributed by atoms with E-state index in [0.717, 1.165) is 80.2 Å². The normalized spacial score (nSPS) is 18.5. The first kappa shape index (κ1) is 25.4. The van der Waals surface area contributed by atoms with E-state index in [1.807, 2.05) is 18.2 Å². The standard InChI is InChI=1S/C28H28ClFN4O3S/c29-20-5-4-19(23(30)12-20)17-37-27-3-1-2-24(31-27)18-6-9-33(10-7-18)15-26-32-28-25(13-22(16-35)38-28)34(26)14-21-8-11-36-21/h1-5,12-13,16,18,21H,6-11,14-15,17H2. The number of rotatable bonds is 9. The van der Waals surface area contributed by atoms with Crippen LogP contribution in [0.3, 0.4) is 0 Å². The summed E-state index contributed by atoms with van der Waals surface area (Å²) in [5.41, 5.74) is 2.47. The molecule has 1 aromatic carbocycles. The average Bonchev–Trinajstić information content (AvgIpc) is 3.44. The van der Waals surface area contributed by atoms with Crippen molar-refractivity contribution in [2.45, 2.75) is 51.0 Å². The van der Waals surface area contributed by atoms with E-state index in [9.17, 15) is 9.18 Å². The summed E-state index contributed by atoms with van der Waals surface area (Å²) in [4.78, 5) is 24.9. The molecule has 0 spiro atoms. The van der Waals surface area contributed by atoms with Crippen molar-refractivity contribution in [3.05, 3.63) is 75.3 Å². The molecule has 0 bridgehead atoms. The van der Waals surface area contributed by atoms with Gasteiger partial charge in [0.05, 0.1) is 29.6 Å². The lowest BCUT2D eigenvalue weighted by Crippen LogP contribution is -2.35. The van der Waals surface area contributed by atoms with Gasteiger partial charge in [-0.3, -0.25) is 9.69 Å². The molecule has 5 heterocycles. The molecule has 0 N–H and O–H groups in total. The van der Waals surface area contributed by atoms with Crippen molar-refractivity contribution in [1.29, 1.82) is 0 Å². The number of pyridine rings is 1. The van der Waals surface area contributed by atoms with E-state index < -0.39 is 0 Å². The maximum atomic E-state index is 14.1. The van der Waals surface area contributed by atoms with E-state index in [2.05, 4.69) is 9.47 Å². The monoisotopic (exact) mass is 554 g/mol. The molecule has 38 heavy (non-hydrogen) atoms. The lowest BCUT2D eigenvalue weighted by atomic mass is 9.93. The molecule has 2 saturated heterocycles. The number of imidazole rings is 1. The van der Waals surface area contributed by atoms with Crippen LogP contribution in [-0.4, -0.2) is 51.5 Å². The van der Waals surface area contributed by atoms with E-state index in [1.54, 1.807) is 18.2 Å². The van der Waals surface area contributed by atoms with E-state index in [-0.39, 0.29) is 18.5 Å². The number of thiophene rings is 1. The SMILES string of the molecule is O=Cc1cc2c(nc(CN3CCC(c4cccc(OCc5ccc(Cl)cc5F)n4)CC3)n2CC2CCO2)s1. The molecule has 0 aliphatic carbocycles. The number of aromatic nitrogens is 3. The first-order valence-corrected chi connectivity index (χ1v) is 14.1. The minimum Gasteiger partial charge on any atom is -0.473 e. The van der Waals surface area contributed by atoms with Gasteiger partial charge in [0, 0.05) is 34.9 Å². The Hall–Kier alpha value is -2.85. The zero-order chi connectivity index (χ0) is 26.1. The number of nitrogens with zero attached hydrogens (tertiary/aromatic N) is 4. The van der Waals surface area contributed by atoms with Crippen LogP contribution in [-0.2, 0) is 24.4 Å². The lowest BCUT2D eigenvalue weighted by Gasteiger charge is -2.32. The number of likely N-dealkylation sites (tertiary alicyclic amines) is 1. The van der Waals surface area contributed by atoms with E-state index >= 15 is 0 Å². The molecule has 3 aromatic heterocycles. The van der Waals surface area contributed by atoms with Crippen molar-refractivity contribution in [1.82, 2.24) is 19.4 Å². The minimum atomic E-state index is -0.383.